The van der Waals surface area contributed by atoms with Gasteiger partial charge in [-0.1, -0.05) is 35.3 Å². The number of aryl methyl sites for hydroxylation is 2. The van der Waals surface area contributed by atoms with E-state index in [9.17, 15) is 9.59 Å². The van der Waals surface area contributed by atoms with Crippen molar-refractivity contribution in [2.24, 2.45) is 0 Å². The Morgan fingerprint density at radius 3 is 1.50 bits per heavy atom. The highest BCUT2D eigenvalue weighted by atomic mass is 35.5. The van der Waals surface area contributed by atoms with E-state index < -0.39 is 11.8 Å². The number of carbonyl (C=O) groups excluding carboxylic acids is 2. The first-order valence-electron chi connectivity index (χ1n) is 7.17. The highest BCUT2D eigenvalue weighted by Crippen LogP contribution is 2.20. The molecule has 0 spiro atoms. The molecule has 2 rings (SSSR count). The van der Waals surface area contributed by atoms with E-state index in [1.54, 1.807) is 36.4 Å². The predicted molar refractivity (Wildman–Crippen MR) is 98.8 cm³/mol. The molecule has 6 heteroatoms. The summed E-state index contributed by atoms with van der Waals surface area (Å²) in [5.74, 6) is -0.848. The van der Waals surface area contributed by atoms with Gasteiger partial charge in [-0.05, 0) is 49.2 Å². The van der Waals surface area contributed by atoms with E-state index in [0.29, 0.717) is 21.4 Å². The minimum atomic E-state index is -0.424. The lowest BCUT2D eigenvalue weighted by molar-refractivity contribution is -0.114. The van der Waals surface area contributed by atoms with Crippen LogP contribution >= 0.6 is 23.2 Å². The zero-order valence-electron chi connectivity index (χ0n) is 13.2. The molecule has 2 aromatic rings. The molecule has 4 nitrogen and oxygen atoms in total. The van der Waals surface area contributed by atoms with Crippen molar-refractivity contribution in [2.75, 3.05) is 10.6 Å². The van der Waals surface area contributed by atoms with Crippen molar-refractivity contribution in [3.63, 3.8) is 0 Å². The SMILES string of the molecule is Cc1ccc(NC(=O)/C=C/C(=O)Nc2ccc(C)c(Cl)c2)cc1Cl. The van der Waals surface area contributed by atoms with Crippen molar-refractivity contribution in [3.8, 4) is 0 Å². The number of benzene rings is 2. The summed E-state index contributed by atoms with van der Waals surface area (Å²) in [4.78, 5) is 23.6. The Morgan fingerprint density at radius 2 is 1.17 bits per heavy atom. The first-order chi connectivity index (χ1) is 11.3. The number of amides is 2. The zero-order chi connectivity index (χ0) is 17.7. The van der Waals surface area contributed by atoms with Crippen LogP contribution in [0.1, 0.15) is 11.1 Å². The maximum absolute atomic E-state index is 11.8. The number of carbonyl (C=O) groups is 2. The largest absolute Gasteiger partial charge is 0.322 e. The zero-order valence-corrected chi connectivity index (χ0v) is 14.7. The molecule has 2 aromatic carbocycles. The first-order valence-corrected chi connectivity index (χ1v) is 7.93. The summed E-state index contributed by atoms with van der Waals surface area (Å²) in [5.41, 5.74) is 2.96. The maximum Gasteiger partial charge on any atom is 0.248 e. The molecular weight excluding hydrogens is 347 g/mol. The normalized spacial score (nSPS) is 10.7. The van der Waals surface area contributed by atoms with Crippen molar-refractivity contribution in [2.45, 2.75) is 13.8 Å². The predicted octanol–water partition coefficient (Wildman–Crippen LogP) is 4.74. The summed E-state index contributed by atoms with van der Waals surface area (Å²) < 4.78 is 0. The van der Waals surface area contributed by atoms with Gasteiger partial charge in [0, 0.05) is 33.6 Å². The van der Waals surface area contributed by atoms with E-state index in [1.165, 1.54) is 0 Å². The lowest BCUT2D eigenvalue weighted by Crippen LogP contribution is -2.12. The first kappa shape index (κ1) is 18.0. The molecule has 0 aliphatic rings. The number of hydrogen-bond acceptors (Lipinski definition) is 2. The second-order valence-electron chi connectivity index (χ2n) is 5.24. The van der Waals surface area contributed by atoms with Crippen LogP contribution in [-0.2, 0) is 9.59 Å². The van der Waals surface area contributed by atoms with Gasteiger partial charge < -0.3 is 10.6 Å². The molecule has 0 fully saturated rings. The van der Waals surface area contributed by atoms with Gasteiger partial charge >= 0.3 is 0 Å². The van der Waals surface area contributed by atoms with E-state index in [-0.39, 0.29) is 0 Å². The second kappa shape index (κ2) is 7.99. The highest BCUT2D eigenvalue weighted by molar-refractivity contribution is 6.32. The summed E-state index contributed by atoms with van der Waals surface area (Å²) in [6.07, 6.45) is 2.30. The van der Waals surface area contributed by atoms with Crippen LogP contribution in [0.2, 0.25) is 10.0 Å². The molecule has 0 radical (unpaired) electrons. The van der Waals surface area contributed by atoms with Crippen molar-refractivity contribution < 1.29 is 9.59 Å². The Bertz CT molecular complexity index is 749. The van der Waals surface area contributed by atoms with E-state index in [4.69, 9.17) is 23.2 Å². The average molecular weight is 363 g/mol. The lowest BCUT2D eigenvalue weighted by Gasteiger charge is -2.05. The number of nitrogens with one attached hydrogen (secondary N) is 2. The Balaban J connectivity index is 1.93. The molecule has 0 saturated carbocycles. The minimum absolute atomic E-state index is 0.424. The molecule has 124 valence electrons. The molecule has 0 aliphatic carbocycles. The third kappa shape index (κ3) is 5.11. The number of halogens is 2. The minimum Gasteiger partial charge on any atom is -0.322 e. The molecule has 0 aromatic heterocycles. The van der Waals surface area contributed by atoms with Crippen LogP contribution in [0.5, 0.6) is 0 Å². The highest BCUT2D eigenvalue weighted by Gasteiger charge is 2.04. The Hall–Kier alpha value is -2.30. The average Bonchev–Trinajstić information content (AvgIpc) is 2.53. The van der Waals surface area contributed by atoms with Gasteiger partial charge in [0.1, 0.15) is 0 Å². The van der Waals surface area contributed by atoms with Crippen LogP contribution in [0.4, 0.5) is 11.4 Å². The van der Waals surface area contributed by atoms with Crippen LogP contribution in [0.15, 0.2) is 48.6 Å². The van der Waals surface area contributed by atoms with Crippen molar-refractivity contribution >= 4 is 46.4 Å². The summed E-state index contributed by atoms with van der Waals surface area (Å²) in [6.45, 7) is 3.74. The molecule has 0 aliphatic heterocycles. The second-order valence-corrected chi connectivity index (χ2v) is 6.05. The van der Waals surface area contributed by atoms with Crippen LogP contribution in [0.3, 0.4) is 0 Å². The van der Waals surface area contributed by atoms with E-state index in [2.05, 4.69) is 10.6 Å². The van der Waals surface area contributed by atoms with Gasteiger partial charge in [-0.2, -0.15) is 0 Å². The smallest absolute Gasteiger partial charge is 0.248 e. The van der Waals surface area contributed by atoms with Crippen molar-refractivity contribution in [1.82, 2.24) is 0 Å². The molecule has 0 bridgehead atoms. The van der Waals surface area contributed by atoms with Crippen LogP contribution < -0.4 is 10.6 Å². The molecule has 0 saturated heterocycles. The van der Waals surface area contributed by atoms with Crippen LogP contribution in [0, 0.1) is 13.8 Å². The fourth-order valence-corrected chi connectivity index (χ4v) is 2.22. The Morgan fingerprint density at radius 1 is 0.792 bits per heavy atom. The van der Waals surface area contributed by atoms with Gasteiger partial charge in [-0.15, -0.1) is 0 Å². The van der Waals surface area contributed by atoms with Crippen molar-refractivity contribution in [3.05, 3.63) is 69.7 Å². The van der Waals surface area contributed by atoms with E-state index in [0.717, 1.165) is 23.3 Å². The molecule has 0 heterocycles. The van der Waals surface area contributed by atoms with Gasteiger partial charge in [0.15, 0.2) is 0 Å². The van der Waals surface area contributed by atoms with Gasteiger partial charge in [0.2, 0.25) is 11.8 Å². The summed E-state index contributed by atoms with van der Waals surface area (Å²) in [5, 5.41) is 6.39. The van der Waals surface area contributed by atoms with E-state index in [1.807, 2.05) is 13.8 Å². The summed E-state index contributed by atoms with van der Waals surface area (Å²) >= 11 is 12.0. The molecule has 2 amide bonds. The lowest BCUT2D eigenvalue weighted by atomic mass is 10.2. The number of hydrogen-bond donors (Lipinski definition) is 2. The van der Waals surface area contributed by atoms with Crippen LogP contribution in [-0.4, -0.2) is 11.8 Å². The van der Waals surface area contributed by atoms with Crippen molar-refractivity contribution in [1.29, 1.82) is 0 Å². The molecule has 0 atom stereocenters. The van der Waals surface area contributed by atoms with Gasteiger partial charge in [0.25, 0.3) is 0 Å². The monoisotopic (exact) mass is 362 g/mol. The van der Waals surface area contributed by atoms with Gasteiger partial charge in [-0.25, -0.2) is 0 Å². The van der Waals surface area contributed by atoms with E-state index >= 15 is 0 Å². The Kier molecular flexibility index (Phi) is 6.01. The summed E-state index contributed by atoms with van der Waals surface area (Å²) in [7, 11) is 0. The number of rotatable bonds is 4. The standard InChI is InChI=1S/C18H16Cl2N2O2/c1-11-3-5-13(9-15(11)19)21-17(23)7-8-18(24)22-14-6-4-12(2)16(20)10-14/h3-10H,1-2H3,(H,21,23)(H,22,24)/b8-7+. The fraction of sp³-hybridized carbons (Fsp3) is 0.111. The topological polar surface area (TPSA) is 58.2 Å². The third-order valence-electron chi connectivity index (χ3n) is 3.26. The van der Waals surface area contributed by atoms with Gasteiger partial charge in [0.05, 0.1) is 0 Å². The quantitative estimate of drug-likeness (QED) is 0.771. The third-order valence-corrected chi connectivity index (χ3v) is 4.08. The fourth-order valence-electron chi connectivity index (χ4n) is 1.86. The molecular formula is C18H16Cl2N2O2. The summed E-state index contributed by atoms with van der Waals surface area (Å²) in [6, 6.07) is 10.4. The molecule has 24 heavy (non-hydrogen) atoms. The Labute approximate surface area is 150 Å². The van der Waals surface area contributed by atoms with Crippen LogP contribution in [0.25, 0.3) is 0 Å². The molecule has 0 unspecified atom stereocenters. The number of anilines is 2. The molecule has 2 N–H and O–H groups in total. The van der Waals surface area contributed by atoms with Gasteiger partial charge in [-0.3, -0.25) is 9.59 Å². The maximum atomic E-state index is 11.8.